The first-order valence-electron chi connectivity index (χ1n) is 7.46. The Bertz CT molecular complexity index is 1010. The van der Waals surface area contributed by atoms with E-state index < -0.39 is 29.4 Å². The molecule has 3 aromatic rings. The van der Waals surface area contributed by atoms with Gasteiger partial charge in [-0.15, -0.1) is 21.5 Å². The van der Waals surface area contributed by atoms with Gasteiger partial charge in [-0.1, -0.05) is 11.3 Å². The number of hydrogen-bond donors (Lipinski definition) is 1. The Hall–Kier alpha value is -2.19. The molecule has 0 fully saturated rings. The van der Waals surface area contributed by atoms with Crippen molar-refractivity contribution in [3.05, 3.63) is 39.7 Å². The van der Waals surface area contributed by atoms with Crippen LogP contribution in [0.4, 0.5) is 26.3 Å². The monoisotopic (exact) mass is 470 g/mol. The fraction of sp³-hybridized carbons (Fsp3) is 0.200. The van der Waals surface area contributed by atoms with Crippen LogP contribution < -0.4 is 5.73 Å². The Labute approximate surface area is 171 Å². The van der Waals surface area contributed by atoms with E-state index in [0.29, 0.717) is 25.8 Å². The highest BCUT2D eigenvalue weighted by Crippen LogP contribution is 2.40. The zero-order valence-corrected chi connectivity index (χ0v) is 16.3. The number of rotatable bonds is 5. The number of nitrogens with zero attached hydrogens (tertiary/aromatic N) is 3. The van der Waals surface area contributed by atoms with Crippen molar-refractivity contribution in [1.29, 1.82) is 0 Å². The summed E-state index contributed by atoms with van der Waals surface area (Å²) >= 11 is 3.13. The third-order valence-electron chi connectivity index (χ3n) is 3.31. The van der Waals surface area contributed by atoms with Crippen molar-refractivity contribution >= 4 is 40.3 Å². The lowest BCUT2D eigenvalue weighted by Crippen LogP contribution is -2.13. The largest absolute Gasteiger partial charge is 0.416 e. The summed E-state index contributed by atoms with van der Waals surface area (Å²) < 4.78 is 78.8. The highest BCUT2D eigenvalue weighted by atomic mass is 32.2. The molecule has 0 spiro atoms. The molecule has 0 saturated carbocycles. The zero-order valence-electron chi connectivity index (χ0n) is 13.8. The van der Waals surface area contributed by atoms with E-state index in [2.05, 4.69) is 15.2 Å². The summed E-state index contributed by atoms with van der Waals surface area (Å²) in [5.74, 6) is -0.584. The maximum atomic E-state index is 13.0. The SMILES string of the molecule is NC(=O)Cc1nnc(Sc2nc(-c3cc(C(F)(F)F)cc(C(F)(F)F)c3)cs2)s1. The van der Waals surface area contributed by atoms with Crippen LogP contribution in [0.3, 0.4) is 0 Å². The molecule has 5 nitrogen and oxygen atoms in total. The second kappa shape index (κ2) is 7.91. The van der Waals surface area contributed by atoms with E-state index in [0.717, 1.165) is 34.4 Å². The molecule has 0 aliphatic carbocycles. The number of aromatic nitrogens is 3. The van der Waals surface area contributed by atoms with Crippen molar-refractivity contribution < 1.29 is 31.1 Å². The van der Waals surface area contributed by atoms with Crippen LogP contribution in [0.15, 0.2) is 32.3 Å². The minimum atomic E-state index is -4.94. The number of carbonyl (C=O) groups is 1. The van der Waals surface area contributed by atoms with Crippen molar-refractivity contribution in [3.8, 4) is 11.3 Å². The Kier molecular flexibility index (Phi) is 5.87. The summed E-state index contributed by atoms with van der Waals surface area (Å²) in [7, 11) is 0. The van der Waals surface area contributed by atoms with Crippen LogP contribution in [0.2, 0.25) is 0 Å². The van der Waals surface area contributed by atoms with E-state index in [1.807, 2.05) is 0 Å². The van der Waals surface area contributed by atoms with Crippen molar-refractivity contribution in [2.24, 2.45) is 5.73 Å². The van der Waals surface area contributed by atoms with Crippen molar-refractivity contribution in [2.45, 2.75) is 27.5 Å². The number of amides is 1. The lowest BCUT2D eigenvalue weighted by atomic mass is 10.0. The molecule has 1 amide bonds. The predicted octanol–water partition coefficient (Wildman–Crippen LogP) is 4.88. The Morgan fingerprint density at radius 3 is 2.17 bits per heavy atom. The van der Waals surface area contributed by atoms with E-state index in [9.17, 15) is 31.1 Å². The molecule has 0 aliphatic rings. The molecule has 2 aromatic heterocycles. The van der Waals surface area contributed by atoms with Gasteiger partial charge in [-0.3, -0.25) is 4.79 Å². The lowest BCUT2D eigenvalue weighted by molar-refractivity contribution is -0.143. The van der Waals surface area contributed by atoms with Gasteiger partial charge < -0.3 is 5.73 Å². The Balaban J connectivity index is 1.89. The molecular formula is C15H8F6N4OS3. The van der Waals surface area contributed by atoms with E-state index in [-0.39, 0.29) is 23.7 Å². The summed E-state index contributed by atoms with van der Waals surface area (Å²) in [6.45, 7) is 0. The van der Waals surface area contributed by atoms with E-state index in [1.165, 1.54) is 5.38 Å². The molecule has 154 valence electrons. The number of benzene rings is 1. The number of nitrogens with two attached hydrogens (primary N) is 1. The van der Waals surface area contributed by atoms with Gasteiger partial charge in [-0.05, 0) is 30.0 Å². The first-order valence-corrected chi connectivity index (χ1v) is 9.97. The lowest BCUT2D eigenvalue weighted by Gasteiger charge is -2.13. The molecular weight excluding hydrogens is 462 g/mol. The third-order valence-corrected chi connectivity index (χ3v) is 6.23. The summed E-state index contributed by atoms with van der Waals surface area (Å²) in [4.78, 5) is 15.0. The topological polar surface area (TPSA) is 81.8 Å². The van der Waals surface area contributed by atoms with Gasteiger partial charge in [0.1, 0.15) is 5.01 Å². The number of alkyl halides is 6. The molecule has 0 atom stereocenters. The maximum Gasteiger partial charge on any atom is 0.416 e. The number of primary amides is 1. The summed E-state index contributed by atoms with van der Waals surface area (Å²) in [6.07, 6.45) is -9.97. The Morgan fingerprint density at radius 2 is 1.62 bits per heavy atom. The van der Waals surface area contributed by atoms with Gasteiger partial charge in [0.2, 0.25) is 5.91 Å². The summed E-state index contributed by atoms with van der Waals surface area (Å²) in [5.41, 5.74) is 1.90. The first kappa shape index (κ1) is 21.5. The maximum absolute atomic E-state index is 13.0. The van der Waals surface area contributed by atoms with E-state index in [1.54, 1.807) is 0 Å². The average molecular weight is 470 g/mol. The highest BCUT2D eigenvalue weighted by Gasteiger charge is 2.37. The molecule has 0 unspecified atom stereocenters. The van der Waals surface area contributed by atoms with E-state index >= 15 is 0 Å². The van der Waals surface area contributed by atoms with Gasteiger partial charge in [0, 0.05) is 10.9 Å². The van der Waals surface area contributed by atoms with Gasteiger partial charge in [-0.2, -0.15) is 26.3 Å². The van der Waals surface area contributed by atoms with Crippen LogP contribution in [0.1, 0.15) is 16.1 Å². The molecule has 2 N–H and O–H groups in total. The standard InChI is InChI=1S/C15H8F6N4OS3/c16-14(17,18)7-1-6(2-8(3-7)15(19,20)21)9-5-27-12(23-9)29-13-25-24-11(28-13)4-10(22)26/h1-3,5H,4H2,(H2,22,26). The molecule has 0 saturated heterocycles. The second-order valence-corrected chi connectivity index (χ2v) is 8.91. The minimum Gasteiger partial charge on any atom is -0.369 e. The molecule has 14 heteroatoms. The summed E-state index contributed by atoms with van der Waals surface area (Å²) in [5, 5.41) is 9.33. The van der Waals surface area contributed by atoms with Crippen LogP contribution >= 0.6 is 34.4 Å². The van der Waals surface area contributed by atoms with E-state index in [4.69, 9.17) is 5.73 Å². The number of carbonyl (C=O) groups excluding carboxylic acids is 1. The molecule has 3 rings (SSSR count). The molecule has 1 aromatic carbocycles. The summed E-state index contributed by atoms with van der Waals surface area (Å²) in [6, 6.07) is 1.30. The van der Waals surface area contributed by atoms with Crippen LogP contribution in [0, 0.1) is 0 Å². The molecule has 0 aliphatic heterocycles. The number of hydrogen-bond acceptors (Lipinski definition) is 7. The fourth-order valence-electron chi connectivity index (χ4n) is 2.11. The normalized spacial score (nSPS) is 12.3. The van der Waals surface area contributed by atoms with Crippen LogP contribution in [0.5, 0.6) is 0 Å². The zero-order chi connectivity index (χ0) is 21.4. The second-order valence-electron chi connectivity index (χ2n) is 5.50. The van der Waals surface area contributed by atoms with Gasteiger partial charge in [0.15, 0.2) is 8.68 Å². The Morgan fingerprint density at radius 1 is 1.00 bits per heavy atom. The van der Waals surface area contributed by atoms with Crippen LogP contribution in [0.25, 0.3) is 11.3 Å². The van der Waals surface area contributed by atoms with Crippen molar-refractivity contribution in [2.75, 3.05) is 0 Å². The minimum absolute atomic E-state index is 0.0315. The van der Waals surface area contributed by atoms with Crippen LogP contribution in [-0.2, 0) is 23.6 Å². The average Bonchev–Trinajstić information content (AvgIpc) is 3.22. The molecule has 2 heterocycles. The molecule has 0 bridgehead atoms. The van der Waals surface area contributed by atoms with Gasteiger partial charge >= 0.3 is 12.4 Å². The third kappa shape index (κ3) is 5.45. The number of thiazole rings is 1. The van der Waals surface area contributed by atoms with Crippen LogP contribution in [-0.4, -0.2) is 21.1 Å². The smallest absolute Gasteiger partial charge is 0.369 e. The molecule has 29 heavy (non-hydrogen) atoms. The molecule has 0 radical (unpaired) electrons. The van der Waals surface area contributed by atoms with Gasteiger partial charge in [0.05, 0.1) is 23.2 Å². The number of halogens is 6. The van der Waals surface area contributed by atoms with Gasteiger partial charge in [-0.25, -0.2) is 4.98 Å². The fourth-order valence-corrected chi connectivity index (χ4v) is 5.04. The highest BCUT2D eigenvalue weighted by molar-refractivity contribution is 8.02. The van der Waals surface area contributed by atoms with Crippen molar-refractivity contribution in [3.63, 3.8) is 0 Å². The van der Waals surface area contributed by atoms with Crippen molar-refractivity contribution in [1.82, 2.24) is 15.2 Å². The quantitative estimate of drug-likeness (QED) is 0.538. The first-order chi connectivity index (χ1) is 13.4. The van der Waals surface area contributed by atoms with Gasteiger partial charge in [0.25, 0.3) is 0 Å². The predicted molar refractivity (Wildman–Crippen MR) is 94.5 cm³/mol.